The maximum atomic E-state index is 12.9. The molecule has 1 amide bonds. The molecule has 1 N–H and O–H groups in total. The van der Waals surface area contributed by atoms with Crippen molar-refractivity contribution in [2.45, 2.75) is 24.8 Å². The summed E-state index contributed by atoms with van der Waals surface area (Å²) in [5.74, 6) is 0.331. The van der Waals surface area contributed by atoms with Gasteiger partial charge in [-0.05, 0) is 42.3 Å². The normalized spacial score (nSPS) is 12.1. The van der Waals surface area contributed by atoms with E-state index >= 15 is 0 Å². The quantitative estimate of drug-likeness (QED) is 0.560. The van der Waals surface area contributed by atoms with Gasteiger partial charge in [-0.3, -0.25) is 4.79 Å². The molecule has 130 valence electrons. The van der Waals surface area contributed by atoms with Crippen LogP contribution in [-0.4, -0.2) is 15.7 Å². The predicted octanol–water partition coefficient (Wildman–Crippen LogP) is 5.13. The standard InChI is InChI=1S/C18H16BrFN2O2S/c1-2-14(19)17(23)22-18-21-15-8-7-13(9-16(15)25-18)24-10-11-3-5-12(20)6-4-11/h3-9,14H,2,10H2,1H3,(H,21,22,23)/t14-/m0/s1. The number of anilines is 1. The van der Waals surface area contributed by atoms with E-state index in [1.807, 2.05) is 25.1 Å². The first-order chi connectivity index (χ1) is 12.0. The molecular formula is C18H16BrFN2O2S. The van der Waals surface area contributed by atoms with Gasteiger partial charge >= 0.3 is 0 Å². The number of fused-ring (bicyclic) bond motifs is 1. The fourth-order valence-corrected chi connectivity index (χ4v) is 3.18. The van der Waals surface area contributed by atoms with Crippen LogP contribution >= 0.6 is 27.3 Å². The van der Waals surface area contributed by atoms with Crippen molar-refractivity contribution in [2.75, 3.05) is 5.32 Å². The van der Waals surface area contributed by atoms with Gasteiger partial charge in [0.25, 0.3) is 0 Å². The van der Waals surface area contributed by atoms with Gasteiger partial charge in [-0.15, -0.1) is 0 Å². The van der Waals surface area contributed by atoms with E-state index in [9.17, 15) is 9.18 Å². The lowest BCUT2D eigenvalue weighted by molar-refractivity contribution is -0.115. The summed E-state index contributed by atoms with van der Waals surface area (Å²) in [6, 6.07) is 11.8. The average molecular weight is 423 g/mol. The van der Waals surface area contributed by atoms with Crippen LogP contribution in [0, 0.1) is 5.82 Å². The highest BCUT2D eigenvalue weighted by atomic mass is 79.9. The van der Waals surface area contributed by atoms with Crippen LogP contribution in [0.2, 0.25) is 0 Å². The molecule has 1 atom stereocenters. The van der Waals surface area contributed by atoms with Crippen LogP contribution in [-0.2, 0) is 11.4 Å². The molecule has 3 rings (SSSR count). The molecule has 0 saturated carbocycles. The molecule has 0 fully saturated rings. The summed E-state index contributed by atoms with van der Waals surface area (Å²) in [7, 11) is 0. The van der Waals surface area contributed by atoms with Gasteiger partial charge in [0.05, 0.1) is 15.0 Å². The van der Waals surface area contributed by atoms with Crippen LogP contribution in [0.1, 0.15) is 18.9 Å². The number of thiazole rings is 1. The van der Waals surface area contributed by atoms with Gasteiger partial charge in [-0.25, -0.2) is 9.37 Å². The largest absolute Gasteiger partial charge is 0.489 e. The number of nitrogens with zero attached hydrogens (tertiary/aromatic N) is 1. The molecule has 0 unspecified atom stereocenters. The Morgan fingerprint density at radius 2 is 2.08 bits per heavy atom. The fourth-order valence-electron chi connectivity index (χ4n) is 2.16. The lowest BCUT2D eigenvalue weighted by Crippen LogP contribution is -2.21. The third-order valence-electron chi connectivity index (χ3n) is 3.55. The summed E-state index contributed by atoms with van der Waals surface area (Å²) in [6.45, 7) is 2.29. The van der Waals surface area contributed by atoms with Crippen LogP contribution in [0.3, 0.4) is 0 Å². The minimum absolute atomic E-state index is 0.102. The SMILES string of the molecule is CC[C@H](Br)C(=O)Nc1nc2ccc(OCc3ccc(F)cc3)cc2s1. The predicted molar refractivity (Wildman–Crippen MR) is 102 cm³/mol. The Hall–Kier alpha value is -1.99. The number of benzene rings is 2. The molecule has 1 heterocycles. The van der Waals surface area contributed by atoms with Gasteiger partial charge in [0.15, 0.2) is 5.13 Å². The van der Waals surface area contributed by atoms with E-state index in [2.05, 4.69) is 26.2 Å². The zero-order chi connectivity index (χ0) is 17.8. The monoisotopic (exact) mass is 422 g/mol. The molecule has 0 aliphatic heterocycles. The van der Waals surface area contributed by atoms with E-state index in [4.69, 9.17) is 4.74 Å². The van der Waals surface area contributed by atoms with E-state index < -0.39 is 0 Å². The first-order valence-corrected chi connectivity index (χ1v) is 9.51. The molecule has 0 saturated heterocycles. The first-order valence-electron chi connectivity index (χ1n) is 7.78. The second-order valence-corrected chi connectivity index (χ2v) is 7.56. The van der Waals surface area contributed by atoms with E-state index in [-0.39, 0.29) is 16.6 Å². The Balaban J connectivity index is 1.69. The van der Waals surface area contributed by atoms with Gasteiger partial charge < -0.3 is 10.1 Å². The Kier molecular flexibility index (Phi) is 5.65. The molecule has 2 aromatic carbocycles. The number of rotatable bonds is 6. The van der Waals surface area contributed by atoms with E-state index in [1.54, 1.807) is 12.1 Å². The molecule has 0 aliphatic carbocycles. The van der Waals surface area contributed by atoms with Crippen molar-refractivity contribution in [3.63, 3.8) is 0 Å². The molecule has 1 aromatic heterocycles. The molecular weight excluding hydrogens is 407 g/mol. The smallest absolute Gasteiger partial charge is 0.239 e. The molecule has 0 aliphatic rings. The van der Waals surface area contributed by atoms with Crippen LogP contribution in [0.25, 0.3) is 10.2 Å². The summed E-state index contributed by atoms with van der Waals surface area (Å²) in [4.78, 5) is 16.1. The van der Waals surface area contributed by atoms with E-state index in [1.165, 1.54) is 23.5 Å². The van der Waals surface area contributed by atoms with Crippen LogP contribution < -0.4 is 10.1 Å². The molecule has 0 radical (unpaired) electrons. The number of alkyl halides is 1. The first kappa shape index (κ1) is 17.8. The number of carbonyl (C=O) groups excluding carboxylic acids is 1. The third-order valence-corrected chi connectivity index (χ3v) is 5.55. The van der Waals surface area contributed by atoms with Gasteiger partial charge in [0.1, 0.15) is 18.2 Å². The lowest BCUT2D eigenvalue weighted by Gasteiger charge is -2.06. The van der Waals surface area contributed by atoms with Crippen molar-refractivity contribution in [2.24, 2.45) is 0 Å². The third kappa shape index (κ3) is 4.55. The second kappa shape index (κ2) is 7.93. The number of hydrogen-bond donors (Lipinski definition) is 1. The van der Waals surface area contributed by atoms with Crippen molar-refractivity contribution in [1.82, 2.24) is 4.98 Å². The van der Waals surface area contributed by atoms with Crippen molar-refractivity contribution in [1.29, 1.82) is 0 Å². The zero-order valence-electron chi connectivity index (χ0n) is 13.5. The molecule has 25 heavy (non-hydrogen) atoms. The Bertz CT molecular complexity index is 882. The number of halogens is 2. The van der Waals surface area contributed by atoms with Crippen molar-refractivity contribution in [3.8, 4) is 5.75 Å². The van der Waals surface area contributed by atoms with Gasteiger partial charge in [-0.2, -0.15) is 0 Å². The number of hydrogen-bond acceptors (Lipinski definition) is 4. The summed E-state index contributed by atoms with van der Waals surface area (Å²) in [5, 5.41) is 3.37. The summed E-state index contributed by atoms with van der Waals surface area (Å²) < 4.78 is 19.6. The molecule has 0 bridgehead atoms. The van der Waals surface area contributed by atoms with Crippen molar-refractivity contribution in [3.05, 3.63) is 53.8 Å². The molecule has 0 spiro atoms. The maximum absolute atomic E-state index is 12.9. The van der Waals surface area contributed by atoms with Crippen LogP contribution in [0.5, 0.6) is 5.75 Å². The molecule has 7 heteroatoms. The van der Waals surface area contributed by atoms with Gasteiger partial charge in [0, 0.05) is 0 Å². The minimum Gasteiger partial charge on any atom is -0.489 e. The second-order valence-electron chi connectivity index (χ2n) is 5.43. The van der Waals surface area contributed by atoms with Crippen LogP contribution in [0.15, 0.2) is 42.5 Å². The number of ether oxygens (including phenoxy) is 1. The zero-order valence-corrected chi connectivity index (χ0v) is 15.9. The Morgan fingerprint density at radius 3 is 2.80 bits per heavy atom. The molecule has 3 aromatic rings. The molecule has 4 nitrogen and oxygen atoms in total. The number of aromatic nitrogens is 1. The topological polar surface area (TPSA) is 51.2 Å². The number of carbonyl (C=O) groups is 1. The number of amides is 1. The van der Waals surface area contributed by atoms with Crippen LogP contribution in [0.4, 0.5) is 9.52 Å². The highest BCUT2D eigenvalue weighted by molar-refractivity contribution is 9.10. The van der Waals surface area contributed by atoms with Crippen molar-refractivity contribution >= 4 is 48.5 Å². The average Bonchev–Trinajstić information content (AvgIpc) is 3.01. The van der Waals surface area contributed by atoms with Gasteiger partial charge in [0.2, 0.25) is 5.91 Å². The van der Waals surface area contributed by atoms with Crippen molar-refractivity contribution < 1.29 is 13.9 Å². The maximum Gasteiger partial charge on any atom is 0.239 e. The van der Waals surface area contributed by atoms with E-state index in [0.29, 0.717) is 23.9 Å². The van der Waals surface area contributed by atoms with Gasteiger partial charge in [-0.1, -0.05) is 46.3 Å². The summed E-state index contributed by atoms with van der Waals surface area (Å²) >= 11 is 4.72. The Labute approximate surface area is 157 Å². The van der Waals surface area contributed by atoms with E-state index in [0.717, 1.165) is 15.8 Å². The summed E-state index contributed by atoms with van der Waals surface area (Å²) in [5.41, 5.74) is 1.69. The fraction of sp³-hybridized carbons (Fsp3) is 0.222. The Morgan fingerprint density at radius 1 is 1.32 bits per heavy atom. The highest BCUT2D eigenvalue weighted by Crippen LogP contribution is 2.30. The highest BCUT2D eigenvalue weighted by Gasteiger charge is 2.14. The summed E-state index contributed by atoms with van der Waals surface area (Å²) in [6.07, 6.45) is 0.706. The minimum atomic E-state index is -0.266. The lowest BCUT2D eigenvalue weighted by atomic mass is 10.2. The number of nitrogens with one attached hydrogen (secondary N) is 1.